The van der Waals surface area contributed by atoms with Crippen LogP contribution in [-0.2, 0) is 0 Å². The molecule has 0 aromatic heterocycles. The first kappa shape index (κ1) is 22.7. The van der Waals surface area contributed by atoms with Gasteiger partial charge in [-0.05, 0) is 53.6 Å². The summed E-state index contributed by atoms with van der Waals surface area (Å²) in [6.45, 7) is 0. The van der Waals surface area contributed by atoms with E-state index in [9.17, 15) is 10.1 Å². The van der Waals surface area contributed by atoms with E-state index in [4.69, 9.17) is 30.5 Å². The monoisotopic (exact) mass is 449 g/mol. The lowest BCUT2D eigenvalue weighted by Crippen LogP contribution is -2.09. The number of hydrogen-bond acceptors (Lipinski definition) is 6. The molecule has 162 valence electrons. The number of ether oxygens (including phenoxy) is 4. The zero-order valence-corrected chi connectivity index (χ0v) is 18.5. The van der Waals surface area contributed by atoms with Crippen molar-refractivity contribution in [1.82, 2.24) is 0 Å². The van der Waals surface area contributed by atoms with Crippen LogP contribution in [-0.4, -0.2) is 27.3 Å². The van der Waals surface area contributed by atoms with Crippen molar-refractivity contribution in [3.8, 4) is 29.1 Å². The molecule has 0 fully saturated rings. The van der Waals surface area contributed by atoms with E-state index in [1.54, 1.807) is 48.5 Å². The fourth-order valence-electron chi connectivity index (χ4n) is 3.00. The van der Waals surface area contributed by atoms with Crippen LogP contribution in [0, 0.1) is 11.3 Å². The fourth-order valence-corrected chi connectivity index (χ4v) is 3.19. The predicted octanol–water partition coefficient (Wildman–Crippen LogP) is 5.65. The second-order valence-electron chi connectivity index (χ2n) is 6.55. The largest absolute Gasteiger partial charge is 0.493 e. The molecule has 0 N–H and O–H groups in total. The number of carbonyl (C=O) groups is 1. The minimum Gasteiger partial charge on any atom is -0.493 e. The number of rotatable bonds is 7. The Bertz CT molecular complexity index is 1170. The van der Waals surface area contributed by atoms with Crippen LogP contribution in [0.2, 0.25) is 5.02 Å². The Kier molecular flexibility index (Phi) is 7.37. The molecule has 0 unspecified atom stereocenters. The minimum atomic E-state index is -0.579. The summed E-state index contributed by atoms with van der Waals surface area (Å²) in [4.78, 5) is 12.6. The molecule has 3 aromatic rings. The van der Waals surface area contributed by atoms with Crippen molar-refractivity contribution in [2.24, 2.45) is 0 Å². The third kappa shape index (κ3) is 5.20. The molecule has 32 heavy (non-hydrogen) atoms. The van der Waals surface area contributed by atoms with E-state index in [-0.39, 0.29) is 5.56 Å². The Morgan fingerprint density at radius 2 is 1.56 bits per heavy atom. The van der Waals surface area contributed by atoms with Crippen molar-refractivity contribution in [2.45, 2.75) is 0 Å². The standard InChI is InChI=1S/C25H20ClNO5/c1-29-22-13-18(14-23(30-2)24(22)31-3)25(28)32-21-9-7-16(8-10-21)11-19(15-27)17-5-4-6-20(26)12-17/h4-14H,1-3H3/b19-11-. The van der Waals surface area contributed by atoms with Gasteiger partial charge in [0, 0.05) is 5.02 Å². The molecule has 0 heterocycles. The summed E-state index contributed by atoms with van der Waals surface area (Å²) >= 11 is 6.02. The number of carbonyl (C=O) groups excluding carboxylic acids is 1. The number of benzene rings is 3. The summed E-state index contributed by atoms with van der Waals surface area (Å²) in [5.74, 6) is 0.857. The Balaban J connectivity index is 1.80. The lowest BCUT2D eigenvalue weighted by Gasteiger charge is -2.13. The van der Waals surface area contributed by atoms with Gasteiger partial charge in [-0.15, -0.1) is 0 Å². The number of allylic oxidation sites excluding steroid dienone is 1. The van der Waals surface area contributed by atoms with Crippen LogP contribution in [0.3, 0.4) is 0 Å². The van der Waals surface area contributed by atoms with Gasteiger partial charge in [0.15, 0.2) is 11.5 Å². The van der Waals surface area contributed by atoms with Gasteiger partial charge in [-0.2, -0.15) is 5.26 Å². The van der Waals surface area contributed by atoms with Gasteiger partial charge in [-0.3, -0.25) is 0 Å². The maximum Gasteiger partial charge on any atom is 0.343 e. The number of nitriles is 1. The van der Waals surface area contributed by atoms with Crippen molar-refractivity contribution >= 4 is 29.2 Å². The summed E-state index contributed by atoms with van der Waals surface area (Å²) < 4.78 is 21.3. The van der Waals surface area contributed by atoms with Gasteiger partial charge in [0.1, 0.15) is 5.75 Å². The Morgan fingerprint density at radius 3 is 2.09 bits per heavy atom. The molecule has 0 amide bonds. The molecule has 0 aliphatic rings. The molecule has 6 nitrogen and oxygen atoms in total. The van der Waals surface area contributed by atoms with E-state index in [1.807, 2.05) is 6.07 Å². The number of nitrogens with zero attached hydrogens (tertiary/aromatic N) is 1. The number of esters is 1. The minimum absolute atomic E-state index is 0.246. The summed E-state index contributed by atoms with van der Waals surface area (Å²) in [5.41, 5.74) is 2.21. The van der Waals surface area contributed by atoms with Crippen molar-refractivity contribution in [3.63, 3.8) is 0 Å². The molecule has 3 aromatic carbocycles. The lowest BCUT2D eigenvalue weighted by molar-refractivity contribution is 0.0734. The number of methoxy groups -OCH3 is 3. The Hall–Kier alpha value is -3.95. The quantitative estimate of drug-likeness (QED) is 0.201. The first-order valence-corrected chi connectivity index (χ1v) is 9.86. The van der Waals surface area contributed by atoms with Crippen LogP contribution >= 0.6 is 11.6 Å². The van der Waals surface area contributed by atoms with E-state index in [0.717, 1.165) is 11.1 Å². The molecule has 0 spiro atoms. The molecule has 0 aliphatic carbocycles. The maximum absolute atomic E-state index is 12.6. The second kappa shape index (κ2) is 10.4. The highest BCUT2D eigenvalue weighted by atomic mass is 35.5. The molecule has 0 radical (unpaired) electrons. The molecular weight excluding hydrogens is 430 g/mol. The molecule has 7 heteroatoms. The third-order valence-corrected chi connectivity index (χ3v) is 4.79. The van der Waals surface area contributed by atoms with Gasteiger partial charge < -0.3 is 18.9 Å². The Labute approximate surface area is 191 Å². The Morgan fingerprint density at radius 1 is 0.906 bits per heavy atom. The average Bonchev–Trinajstić information content (AvgIpc) is 2.82. The summed E-state index contributed by atoms with van der Waals surface area (Å²) in [7, 11) is 4.42. The molecule has 0 saturated heterocycles. The fraction of sp³-hybridized carbons (Fsp3) is 0.120. The van der Waals surface area contributed by atoms with Crippen LogP contribution in [0.15, 0.2) is 60.7 Å². The number of hydrogen-bond donors (Lipinski definition) is 0. The first-order chi connectivity index (χ1) is 15.5. The van der Waals surface area contributed by atoms with Crippen molar-refractivity contribution in [2.75, 3.05) is 21.3 Å². The van der Waals surface area contributed by atoms with Gasteiger partial charge in [0.2, 0.25) is 5.75 Å². The van der Waals surface area contributed by atoms with E-state index in [2.05, 4.69) is 6.07 Å². The van der Waals surface area contributed by atoms with Gasteiger partial charge >= 0.3 is 5.97 Å². The van der Waals surface area contributed by atoms with Crippen LogP contribution in [0.25, 0.3) is 11.6 Å². The lowest BCUT2D eigenvalue weighted by atomic mass is 10.0. The molecule has 3 rings (SSSR count). The van der Waals surface area contributed by atoms with Crippen molar-refractivity contribution < 1.29 is 23.7 Å². The van der Waals surface area contributed by atoms with Gasteiger partial charge in [-0.1, -0.05) is 35.9 Å². The van der Waals surface area contributed by atoms with E-state index in [0.29, 0.717) is 33.6 Å². The summed E-state index contributed by atoms with van der Waals surface area (Å²) in [5, 5.41) is 10.0. The second-order valence-corrected chi connectivity index (χ2v) is 6.99. The van der Waals surface area contributed by atoms with E-state index < -0.39 is 5.97 Å². The van der Waals surface area contributed by atoms with E-state index in [1.165, 1.54) is 33.5 Å². The van der Waals surface area contributed by atoms with Gasteiger partial charge in [0.05, 0.1) is 38.5 Å². The molecule has 0 aliphatic heterocycles. The normalized spacial score (nSPS) is 10.8. The zero-order valence-electron chi connectivity index (χ0n) is 17.7. The summed E-state index contributed by atoms with van der Waals surface area (Å²) in [6.07, 6.45) is 1.73. The van der Waals surface area contributed by atoms with Crippen LogP contribution in [0.4, 0.5) is 0 Å². The highest BCUT2D eigenvalue weighted by Crippen LogP contribution is 2.38. The highest BCUT2D eigenvalue weighted by molar-refractivity contribution is 6.30. The van der Waals surface area contributed by atoms with Crippen molar-refractivity contribution in [3.05, 3.63) is 82.4 Å². The van der Waals surface area contributed by atoms with Crippen molar-refractivity contribution in [1.29, 1.82) is 5.26 Å². The molecule has 0 bridgehead atoms. The SMILES string of the molecule is COc1cc(C(=O)Oc2ccc(/C=C(/C#N)c3cccc(Cl)c3)cc2)cc(OC)c1OC. The predicted molar refractivity (Wildman–Crippen MR) is 122 cm³/mol. The third-order valence-electron chi connectivity index (χ3n) is 4.56. The highest BCUT2D eigenvalue weighted by Gasteiger charge is 2.18. The van der Waals surface area contributed by atoms with Crippen LogP contribution < -0.4 is 18.9 Å². The van der Waals surface area contributed by atoms with E-state index >= 15 is 0 Å². The first-order valence-electron chi connectivity index (χ1n) is 9.49. The number of halogens is 1. The zero-order chi connectivity index (χ0) is 23.1. The molecule has 0 atom stereocenters. The smallest absolute Gasteiger partial charge is 0.343 e. The van der Waals surface area contributed by atoms with Crippen LogP contribution in [0.1, 0.15) is 21.5 Å². The van der Waals surface area contributed by atoms with Crippen LogP contribution in [0.5, 0.6) is 23.0 Å². The average molecular weight is 450 g/mol. The molecule has 0 saturated carbocycles. The maximum atomic E-state index is 12.6. The summed E-state index contributed by atoms with van der Waals surface area (Å²) in [6, 6.07) is 19.1. The molecular formula is C25H20ClNO5. The van der Waals surface area contributed by atoms with Gasteiger partial charge in [-0.25, -0.2) is 4.79 Å². The topological polar surface area (TPSA) is 77.8 Å². The van der Waals surface area contributed by atoms with Gasteiger partial charge in [0.25, 0.3) is 0 Å².